The third-order valence-corrected chi connectivity index (χ3v) is 6.98. The summed E-state index contributed by atoms with van der Waals surface area (Å²) in [5.41, 5.74) is 6.60. The van der Waals surface area contributed by atoms with Crippen molar-refractivity contribution in [2.24, 2.45) is 4.99 Å². The van der Waals surface area contributed by atoms with Crippen molar-refractivity contribution < 1.29 is 9.13 Å². The molecule has 1 aromatic rings. The molecule has 2 heterocycles. The van der Waals surface area contributed by atoms with Crippen LogP contribution in [0.5, 0.6) is 0 Å². The lowest BCUT2D eigenvalue weighted by Crippen LogP contribution is -2.26. The summed E-state index contributed by atoms with van der Waals surface area (Å²) >= 11 is 1.83. The molecule has 37 heavy (non-hydrogen) atoms. The van der Waals surface area contributed by atoms with Crippen LogP contribution in [0.4, 0.5) is 10.2 Å². The number of hydrogen-bond acceptors (Lipinski definition) is 5. The second-order valence-electron chi connectivity index (χ2n) is 9.83. The van der Waals surface area contributed by atoms with Crippen molar-refractivity contribution in [3.63, 3.8) is 0 Å². The molecule has 0 spiro atoms. The molecule has 0 amide bonds. The van der Waals surface area contributed by atoms with Crippen LogP contribution in [0.2, 0.25) is 0 Å². The lowest BCUT2D eigenvalue weighted by atomic mass is 10.0. The van der Waals surface area contributed by atoms with Crippen LogP contribution in [0, 0.1) is 5.82 Å². The van der Waals surface area contributed by atoms with E-state index in [1.54, 1.807) is 18.5 Å². The highest BCUT2D eigenvalue weighted by molar-refractivity contribution is 7.99. The number of nitrogens with zero attached hydrogens (tertiary/aromatic N) is 2. The number of aliphatic imine (C=N–C) groups is 1. The van der Waals surface area contributed by atoms with Gasteiger partial charge in [-0.1, -0.05) is 46.6 Å². The number of pyridine rings is 1. The van der Waals surface area contributed by atoms with Gasteiger partial charge >= 0.3 is 0 Å². The van der Waals surface area contributed by atoms with E-state index in [9.17, 15) is 4.39 Å². The Bertz CT molecular complexity index is 1000. The third kappa shape index (κ3) is 14.1. The van der Waals surface area contributed by atoms with Gasteiger partial charge in [-0.25, -0.2) is 9.37 Å². The van der Waals surface area contributed by atoms with E-state index in [1.165, 1.54) is 34.6 Å². The largest absolute Gasteiger partial charge is 0.494 e. The molecule has 1 aliphatic heterocycles. The molecule has 202 valence electrons. The first-order valence-electron chi connectivity index (χ1n) is 13.2. The van der Waals surface area contributed by atoms with Gasteiger partial charge in [0.05, 0.1) is 17.9 Å². The molecule has 0 aromatic carbocycles. The Balaban J connectivity index is 1.72. The summed E-state index contributed by atoms with van der Waals surface area (Å²) in [6.45, 7) is 11.5. The first kappa shape index (κ1) is 30.6. The monoisotopic (exact) mass is 525 g/mol. The molecule has 6 heteroatoms. The van der Waals surface area contributed by atoms with E-state index in [4.69, 9.17) is 4.74 Å². The van der Waals surface area contributed by atoms with Crippen molar-refractivity contribution in [3.8, 4) is 0 Å². The molecule has 1 atom stereocenters. The first-order chi connectivity index (χ1) is 17.8. The second kappa shape index (κ2) is 17.8. The number of rotatable bonds is 16. The Morgan fingerprint density at radius 3 is 2.19 bits per heavy atom. The predicted molar refractivity (Wildman–Crippen MR) is 160 cm³/mol. The van der Waals surface area contributed by atoms with Crippen LogP contribution in [-0.4, -0.2) is 35.4 Å². The normalized spacial score (nSPS) is 15.2. The number of allylic oxidation sites excluding steroid dienone is 7. The van der Waals surface area contributed by atoms with Gasteiger partial charge in [0.15, 0.2) is 0 Å². The summed E-state index contributed by atoms with van der Waals surface area (Å²) in [5.74, 6) is 2.00. The molecule has 0 bridgehead atoms. The predicted octanol–water partition coefficient (Wildman–Crippen LogP) is 8.82. The van der Waals surface area contributed by atoms with E-state index in [0.717, 1.165) is 55.7 Å². The van der Waals surface area contributed by atoms with Crippen molar-refractivity contribution in [1.82, 2.24) is 4.98 Å². The number of nitrogens with one attached hydrogen (secondary N) is 1. The van der Waals surface area contributed by atoms with Gasteiger partial charge in [0.2, 0.25) is 0 Å². The molecule has 1 aliphatic rings. The SMILES string of the molecule is CC(C)=CCCC(C)=CCCC(C)=CCCC(C)=CCSCC(Nc1ccc(F)cn1)C1=COCC=N1. The summed E-state index contributed by atoms with van der Waals surface area (Å²) in [7, 11) is 0. The van der Waals surface area contributed by atoms with Crippen LogP contribution in [0.1, 0.15) is 73.1 Å². The van der Waals surface area contributed by atoms with E-state index in [-0.39, 0.29) is 11.9 Å². The fourth-order valence-corrected chi connectivity index (χ4v) is 4.76. The number of ether oxygens (including phenoxy) is 1. The molecule has 0 radical (unpaired) electrons. The van der Waals surface area contributed by atoms with Crippen LogP contribution in [-0.2, 0) is 4.74 Å². The molecule has 0 fully saturated rings. The molecule has 2 rings (SSSR count). The Labute approximate surface area is 228 Å². The Hall–Kier alpha value is -2.60. The Morgan fingerprint density at radius 1 is 0.973 bits per heavy atom. The van der Waals surface area contributed by atoms with Gasteiger partial charge in [-0.15, -0.1) is 0 Å². The van der Waals surface area contributed by atoms with Crippen molar-refractivity contribution >= 4 is 23.8 Å². The molecule has 1 N–H and O–H groups in total. The highest BCUT2D eigenvalue weighted by atomic mass is 32.2. The van der Waals surface area contributed by atoms with Crippen LogP contribution >= 0.6 is 11.8 Å². The van der Waals surface area contributed by atoms with E-state index >= 15 is 0 Å². The van der Waals surface area contributed by atoms with Gasteiger partial charge in [0.25, 0.3) is 0 Å². The second-order valence-corrected chi connectivity index (χ2v) is 10.9. The molecule has 0 saturated carbocycles. The number of aromatic nitrogens is 1. The Morgan fingerprint density at radius 2 is 1.62 bits per heavy atom. The zero-order valence-electron chi connectivity index (χ0n) is 23.2. The standard InChI is InChI=1S/C31H44FN3OS/c1-24(2)9-6-10-25(3)11-7-12-26(4)13-8-14-27(5)17-20-37-23-30(29-22-36-19-18-33-29)35-31-16-15-28(32)21-34-31/h9,11,13,15-18,21-22,30H,6-8,10,12,14,19-20,23H2,1-5H3,(H,34,35). The van der Waals surface area contributed by atoms with Crippen molar-refractivity contribution in [2.75, 3.05) is 23.4 Å². The van der Waals surface area contributed by atoms with E-state index in [0.29, 0.717) is 12.4 Å². The summed E-state index contributed by atoms with van der Waals surface area (Å²) in [6, 6.07) is 2.98. The lowest BCUT2D eigenvalue weighted by Gasteiger charge is -2.21. The molecule has 4 nitrogen and oxygen atoms in total. The van der Waals surface area contributed by atoms with Crippen molar-refractivity contribution in [2.45, 2.75) is 79.2 Å². The number of anilines is 1. The number of thioether (sulfide) groups is 1. The highest BCUT2D eigenvalue weighted by Gasteiger charge is 2.16. The quantitative estimate of drug-likeness (QED) is 0.173. The highest BCUT2D eigenvalue weighted by Crippen LogP contribution is 2.19. The van der Waals surface area contributed by atoms with Crippen LogP contribution < -0.4 is 5.32 Å². The van der Waals surface area contributed by atoms with Gasteiger partial charge in [0, 0.05) is 17.7 Å². The maximum absolute atomic E-state index is 13.2. The third-order valence-electron chi connectivity index (χ3n) is 6.01. The average Bonchev–Trinajstić information content (AvgIpc) is 2.87. The Kier molecular flexibility index (Phi) is 14.7. The topological polar surface area (TPSA) is 46.5 Å². The summed E-state index contributed by atoms with van der Waals surface area (Å²) in [5, 5.41) is 3.35. The molecule has 1 unspecified atom stereocenters. The fraction of sp³-hybridized carbons (Fsp3) is 0.484. The molecule has 0 saturated heterocycles. The van der Waals surface area contributed by atoms with Gasteiger partial charge in [-0.05, 0) is 85.3 Å². The molecule has 1 aromatic heterocycles. The van der Waals surface area contributed by atoms with Crippen LogP contribution in [0.25, 0.3) is 0 Å². The maximum atomic E-state index is 13.2. The lowest BCUT2D eigenvalue weighted by molar-refractivity contribution is 0.294. The zero-order valence-corrected chi connectivity index (χ0v) is 24.0. The first-order valence-corrected chi connectivity index (χ1v) is 14.4. The minimum Gasteiger partial charge on any atom is -0.494 e. The van der Waals surface area contributed by atoms with Gasteiger partial charge in [-0.3, -0.25) is 4.99 Å². The number of hydrogen-bond donors (Lipinski definition) is 1. The average molecular weight is 526 g/mol. The van der Waals surface area contributed by atoms with E-state index in [2.05, 4.69) is 74.2 Å². The molecular weight excluding hydrogens is 481 g/mol. The van der Waals surface area contributed by atoms with Crippen LogP contribution in [0.3, 0.4) is 0 Å². The van der Waals surface area contributed by atoms with Gasteiger partial charge in [0.1, 0.15) is 24.5 Å². The summed E-state index contributed by atoms with van der Waals surface area (Å²) < 4.78 is 18.6. The minimum atomic E-state index is -0.349. The molecular formula is C31H44FN3OS. The van der Waals surface area contributed by atoms with Crippen molar-refractivity contribution in [1.29, 1.82) is 0 Å². The minimum absolute atomic E-state index is 0.0660. The van der Waals surface area contributed by atoms with E-state index < -0.39 is 0 Å². The smallest absolute Gasteiger partial charge is 0.141 e. The number of halogens is 1. The fourth-order valence-electron chi connectivity index (χ4n) is 3.74. The van der Waals surface area contributed by atoms with Crippen molar-refractivity contribution in [3.05, 3.63) is 82.7 Å². The van der Waals surface area contributed by atoms with Gasteiger partial charge < -0.3 is 10.1 Å². The zero-order chi connectivity index (χ0) is 26.9. The van der Waals surface area contributed by atoms with Gasteiger partial charge in [-0.2, -0.15) is 11.8 Å². The molecule has 0 aliphatic carbocycles. The summed E-state index contributed by atoms with van der Waals surface area (Å²) in [6.07, 6.45) is 20.8. The van der Waals surface area contributed by atoms with Crippen LogP contribution in [0.15, 0.2) is 81.9 Å². The summed E-state index contributed by atoms with van der Waals surface area (Å²) in [4.78, 5) is 8.59. The maximum Gasteiger partial charge on any atom is 0.141 e. The van der Waals surface area contributed by atoms with E-state index in [1.807, 2.05) is 11.8 Å².